The number of rotatable bonds is 10. The average Bonchev–Trinajstić information content (AvgIpc) is 3.51. The quantitative estimate of drug-likeness (QED) is 0.134. The van der Waals surface area contributed by atoms with Gasteiger partial charge in [-0.05, 0) is 65.8 Å². The molecule has 0 saturated carbocycles. The number of amides is 2. The number of hydrogen-bond acceptors (Lipinski definition) is 6. The van der Waals surface area contributed by atoms with Crippen molar-refractivity contribution in [2.75, 3.05) is 26.2 Å². The van der Waals surface area contributed by atoms with E-state index in [4.69, 9.17) is 9.47 Å². The number of hydrogen-bond donors (Lipinski definition) is 4. The number of aromatic nitrogens is 2. The van der Waals surface area contributed by atoms with Crippen molar-refractivity contribution in [2.45, 2.75) is 64.4 Å². The number of benzene rings is 4. The number of carbonyl (C=O) groups excluding carboxylic acids is 1. The predicted octanol–water partition coefficient (Wildman–Crippen LogP) is 6.44. The average molecular weight is 690 g/mol. The highest BCUT2D eigenvalue weighted by molar-refractivity contribution is 5.75. The highest BCUT2D eigenvalue weighted by Gasteiger charge is 2.39. The topological polar surface area (TPSA) is 121 Å². The lowest BCUT2D eigenvalue weighted by Crippen LogP contribution is -2.47. The molecule has 4 N–H and O–H groups in total. The Labute approximate surface area is 298 Å². The Bertz CT molecular complexity index is 1980. The number of piperidine rings is 1. The van der Waals surface area contributed by atoms with Gasteiger partial charge in [-0.1, -0.05) is 85.8 Å². The van der Waals surface area contributed by atoms with E-state index >= 15 is 0 Å². The molecule has 2 aliphatic rings. The summed E-state index contributed by atoms with van der Waals surface area (Å²) >= 11 is 0. The molecule has 10 heteroatoms. The number of fused-ring (bicyclic) bond motifs is 1. The van der Waals surface area contributed by atoms with E-state index in [1.54, 1.807) is 0 Å². The number of H-pyrrole nitrogens is 1. The summed E-state index contributed by atoms with van der Waals surface area (Å²) in [6.07, 6.45) is 0.932. The smallest absolute Gasteiger partial charge is 0.326 e. The lowest BCUT2D eigenvalue weighted by Gasteiger charge is -2.44. The maximum Gasteiger partial charge on any atom is 0.326 e. The number of aliphatic hydroxyl groups excluding tert-OH is 1. The minimum atomic E-state index is -0.558. The molecule has 1 aromatic heterocycles. The molecule has 0 bridgehead atoms. The number of nitrogens with one attached hydrogen (secondary N) is 3. The van der Waals surface area contributed by atoms with Crippen LogP contribution in [-0.4, -0.2) is 57.9 Å². The Balaban J connectivity index is 1.07. The molecule has 0 spiro atoms. The van der Waals surface area contributed by atoms with E-state index in [1.165, 1.54) is 0 Å². The Morgan fingerprint density at radius 1 is 0.863 bits per heavy atom. The second-order valence-corrected chi connectivity index (χ2v) is 13.7. The first-order valence-corrected chi connectivity index (χ1v) is 18.0. The zero-order chi connectivity index (χ0) is 35.3. The molecule has 10 nitrogen and oxygen atoms in total. The van der Waals surface area contributed by atoms with Gasteiger partial charge in [0.2, 0.25) is 0 Å². The first-order chi connectivity index (χ1) is 24.9. The van der Waals surface area contributed by atoms with E-state index in [0.29, 0.717) is 13.1 Å². The van der Waals surface area contributed by atoms with Crippen LogP contribution in [0.3, 0.4) is 0 Å². The molecule has 5 aromatic rings. The van der Waals surface area contributed by atoms with Crippen LogP contribution in [-0.2, 0) is 22.6 Å². The van der Waals surface area contributed by atoms with E-state index in [-0.39, 0.29) is 42.5 Å². The number of likely N-dealkylation sites (tertiary alicyclic amines) is 1. The summed E-state index contributed by atoms with van der Waals surface area (Å²) < 4.78 is 15.5. The molecule has 2 saturated heterocycles. The zero-order valence-corrected chi connectivity index (χ0v) is 29.3. The fourth-order valence-electron chi connectivity index (χ4n) is 7.48. The van der Waals surface area contributed by atoms with Crippen LogP contribution in [0.5, 0.6) is 0 Å². The molecule has 2 aliphatic heterocycles. The molecule has 4 unspecified atom stereocenters. The third-order valence-corrected chi connectivity index (χ3v) is 10.3. The summed E-state index contributed by atoms with van der Waals surface area (Å²) in [5.74, 6) is 0.0743. The van der Waals surface area contributed by atoms with E-state index in [2.05, 4.69) is 63.8 Å². The number of aromatic amines is 1. The summed E-state index contributed by atoms with van der Waals surface area (Å²) in [5, 5.41) is 15.3. The fraction of sp³-hybridized carbons (Fsp3) is 0.366. The van der Waals surface area contributed by atoms with Crippen molar-refractivity contribution in [3.63, 3.8) is 0 Å². The second-order valence-electron chi connectivity index (χ2n) is 13.7. The minimum absolute atomic E-state index is 0.00367. The van der Waals surface area contributed by atoms with Gasteiger partial charge >= 0.3 is 11.7 Å². The minimum Gasteiger partial charge on any atom is -0.392 e. The van der Waals surface area contributed by atoms with Gasteiger partial charge in [-0.25, -0.2) is 9.59 Å². The maximum atomic E-state index is 12.9. The van der Waals surface area contributed by atoms with Crippen molar-refractivity contribution < 1.29 is 19.4 Å². The van der Waals surface area contributed by atoms with Crippen LogP contribution >= 0.6 is 0 Å². The van der Waals surface area contributed by atoms with Crippen molar-refractivity contribution >= 4 is 17.1 Å². The monoisotopic (exact) mass is 689 g/mol. The van der Waals surface area contributed by atoms with E-state index < -0.39 is 6.29 Å². The molecule has 0 aliphatic carbocycles. The van der Waals surface area contributed by atoms with Gasteiger partial charge < -0.3 is 35.1 Å². The maximum absolute atomic E-state index is 12.9. The van der Waals surface area contributed by atoms with Crippen LogP contribution in [0.15, 0.2) is 102 Å². The number of aliphatic hydroxyl groups is 1. The third kappa shape index (κ3) is 7.79. The standard InChI is InChI=1S/C41H47N5O5/c1-3-42-40(48)43-24-29-7-6-8-33(23-29)30-15-17-32(18-16-30)39-50-37(27(2)38(51-39)31-13-11-28(26-47)12-14-31)25-45-21-19-34(20-22-45)46-36-10-5-4-9-35(36)44-41(46)49/h4-18,23,27,34,37-39,47H,3,19-22,24-26H2,1-2H3,(H,44,49)(H2,42,43,48). The molecule has 3 heterocycles. The Kier molecular flexibility index (Phi) is 10.6. The predicted molar refractivity (Wildman–Crippen MR) is 198 cm³/mol. The number of para-hydroxylation sites is 2. The lowest BCUT2D eigenvalue weighted by atomic mass is 9.89. The molecule has 266 valence electrons. The largest absolute Gasteiger partial charge is 0.392 e. The molecular weight excluding hydrogens is 642 g/mol. The highest BCUT2D eigenvalue weighted by Crippen LogP contribution is 2.42. The van der Waals surface area contributed by atoms with Gasteiger partial charge in [-0.3, -0.25) is 4.57 Å². The molecular formula is C41H47N5O5. The fourth-order valence-corrected chi connectivity index (χ4v) is 7.48. The molecule has 0 radical (unpaired) electrons. The summed E-state index contributed by atoms with van der Waals surface area (Å²) in [7, 11) is 0. The normalized spacial score (nSPS) is 21.5. The number of urea groups is 1. The number of carbonyl (C=O) groups is 1. The first-order valence-electron chi connectivity index (χ1n) is 18.0. The number of ether oxygens (including phenoxy) is 2. The van der Waals surface area contributed by atoms with Crippen molar-refractivity contribution in [3.05, 3.63) is 130 Å². The van der Waals surface area contributed by atoms with Crippen LogP contribution in [0.25, 0.3) is 22.2 Å². The van der Waals surface area contributed by atoms with Crippen LogP contribution in [0, 0.1) is 5.92 Å². The highest BCUT2D eigenvalue weighted by atomic mass is 16.7. The Hall–Kier alpha value is -4.74. The van der Waals surface area contributed by atoms with Crippen molar-refractivity contribution in [1.82, 2.24) is 25.1 Å². The molecule has 4 atom stereocenters. The Morgan fingerprint density at radius 3 is 2.35 bits per heavy atom. The van der Waals surface area contributed by atoms with Gasteiger partial charge in [0.05, 0.1) is 29.8 Å². The lowest BCUT2D eigenvalue weighted by molar-refractivity contribution is -0.276. The van der Waals surface area contributed by atoms with Crippen molar-refractivity contribution in [2.24, 2.45) is 5.92 Å². The summed E-state index contributed by atoms with van der Waals surface area (Å²) in [6.45, 7) is 7.62. The van der Waals surface area contributed by atoms with Crippen LogP contribution in [0.2, 0.25) is 0 Å². The SMILES string of the molecule is CCNC(=O)NCc1cccc(-c2ccc(C3OC(CN4CCC(n5c(=O)[nH]c6ccccc65)CC4)C(C)C(c4ccc(CO)cc4)O3)cc2)c1. The summed E-state index contributed by atoms with van der Waals surface area (Å²) in [5.41, 5.74) is 7.82. The van der Waals surface area contributed by atoms with E-state index in [9.17, 15) is 14.7 Å². The second kappa shape index (κ2) is 15.7. The van der Waals surface area contributed by atoms with Gasteiger partial charge in [-0.2, -0.15) is 0 Å². The summed E-state index contributed by atoms with van der Waals surface area (Å²) in [6, 6.07) is 32.4. The van der Waals surface area contributed by atoms with Crippen LogP contribution < -0.4 is 16.3 Å². The van der Waals surface area contributed by atoms with Gasteiger partial charge in [0.25, 0.3) is 0 Å². The third-order valence-electron chi connectivity index (χ3n) is 10.3. The molecule has 2 fully saturated rings. The Morgan fingerprint density at radius 2 is 1.61 bits per heavy atom. The molecule has 4 aromatic carbocycles. The molecule has 51 heavy (non-hydrogen) atoms. The van der Waals surface area contributed by atoms with Gasteiger partial charge in [0.1, 0.15) is 0 Å². The number of nitrogens with zero attached hydrogens (tertiary/aromatic N) is 2. The van der Waals surface area contributed by atoms with Crippen molar-refractivity contribution in [3.8, 4) is 11.1 Å². The van der Waals surface area contributed by atoms with Crippen LogP contribution in [0.1, 0.15) is 67.4 Å². The van der Waals surface area contributed by atoms with Gasteiger partial charge in [-0.15, -0.1) is 0 Å². The summed E-state index contributed by atoms with van der Waals surface area (Å²) in [4.78, 5) is 30.2. The van der Waals surface area contributed by atoms with Gasteiger partial charge in [0, 0.05) is 50.2 Å². The van der Waals surface area contributed by atoms with Crippen molar-refractivity contribution in [1.29, 1.82) is 0 Å². The van der Waals surface area contributed by atoms with E-state index in [1.807, 2.05) is 72.2 Å². The molecule has 7 rings (SSSR count). The zero-order valence-electron chi connectivity index (χ0n) is 29.3. The van der Waals surface area contributed by atoms with Gasteiger partial charge in [0.15, 0.2) is 6.29 Å². The van der Waals surface area contributed by atoms with Crippen LogP contribution in [0.4, 0.5) is 4.79 Å². The number of imidazole rings is 1. The molecule has 2 amide bonds. The van der Waals surface area contributed by atoms with E-state index in [0.717, 1.165) is 76.9 Å². The first kappa shape index (κ1) is 34.7.